The summed E-state index contributed by atoms with van der Waals surface area (Å²) >= 11 is 2.96. The highest BCUT2D eigenvalue weighted by atomic mass is 79.9. The van der Waals surface area contributed by atoms with Gasteiger partial charge in [0.05, 0.1) is 5.56 Å². The van der Waals surface area contributed by atoms with Crippen LogP contribution in [0.25, 0.3) is 0 Å². The van der Waals surface area contributed by atoms with Gasteiger partial charge in [0.25, 0.3) is 0 Å². The quantitative estimate of drug-likeness (QED) is 0.895. The summed E-state index contributed by atoms with van der Waals surface area (Å²) in [6.07, 6.45) is -3.06. The van der Waals surface area contributed by atoms with E-state index >= 15 is 0 Å². The van der Waals surface area contributed by atoms with Crippen LogP contribution in [0.3, 0.4) is 0 Å². The second-order valence-corrected chi connectivity index (χ2v) is 4.26. The SMILES string of the molecule is CC(C)Nc1ncc(Br)cc1C(F)(F)F. The van der Waals surface area contributed by atoms with E-state index in [9.17, 15) is 13.2 Å². The molecule has 0 fully saturated rings. The van der Waals surface area contributed by atoms with E-state index in [4.69, 9.17) is 0 Å². The van der Waals surface area contributed by atoms with E-state index in [1.807, 2.05) is 0 Å². The molecule has 0 aliphatic rings. The molecule has 1 aromatic heterocycles. The lowest BCUT2D eigenvalue weighted by molar-refractivity contribution is -0.137. The summed E-state index contributed by atoms with van der Waals surface area (Å²) in [5.41, 5.74) is -0.759. The first-order valence-corrected chi connectivity index (χ1v) is 5.09. The van der Waals surface area contributed by atoms with Gasteiger partial charge in [-0.15, -0.1) is 0 Å². The molecular weight excluding hydrogens is 273 g/mol. The third-order valence-electron chi connectivity index (χ3n) is 1.59. The largest absolute Gasteiger partial charge is 0.419 e. The van der Waals surface area contributed by atoms with E-state index in [0.29, 0.717) is 4.47 Å². The van der Waals surface area contributed by atoms with E-state index in [0.717, 1.165) is 6.07 Å². The molecule has 0 bridgehead atoms. The zero-order valence-corrected chi connectivity index (χ0v) is 9.78. The van der Waals surface area contributed by atoms with Gasteiger partial charge in [0.15, 0.2) is 0 Å². The lowest BCUT2D eigenvalue weighted by atomic mass is 10.2. The molecule has 84 valence electrons. The van der Waals surface area contributed by atoms with E-state index < -0.39 is 11.7 Å². The topological polar surface area (TPSA) is 24.9 Å². The molecule has 0 saturated carbocycles. The van der Waals surface area contributed by atoms with Gasteiger partial charge in [-0.2, -0.15) is 13.2 Å². The second kappa shape index (κ2) is 4.38. The second-order valence-electron chi connectivity index (χ2n) is 3.35. The number of anilines is 1. The summed E-state index contributed by atoms with van der Waals surface area (Å²) < 4.78 is 38.0. The lowest BCUT2D eigenvalue weighted by Crippen LogP contribution is -2.17. The van der Waals surface area contributed by atoms with Crippen molar-refractivity contribution in [2.24, 2.45) is 0 Å². The highest BCUT2D eigenvalue weighted by Gasteiger charge is 2.34. The summed E-state index contributed by atoms with van der Waals surface area (Å²) in [6, 6.07) is 0.914. The van der Waals surface area contributed by atoms with Crippen molar-refractivity contribution in [3.05, 3.63) is 22.3 Å². The van der Waals surface area contributed by atoms with Crippen LogP contribution in [0.15, 0.2) is 16.7 Å². The van der Waals surface area contributed by atoms with E-state index in [1.165, 1.54) is 6.20 Å². The number of hydrogen-bond donors (Lipinski definition) is 1. The third-order valence-corrected chi connectivity index (χ3v) is 2.02. The minimum Gasteiger partial charge on any atom is -0.367 e. The van der Waals surface area contributed by atoms with Crippen molar-refractivity contribution in [3.8, 4) is 0 Å². The Hall–Kier alpha value is -0.780. The lowest BCUT2D eigenvalue weighted by Gasteiger charge is -2.15. The fourth-order valence-electron chi connectivity index (χ4n) is 1.04. The molecular formula is C9H10BrF3N2. The molecule has 0 saturated heterocycles. The molecule has 2 nitrogen and oxygen atoms in total. The zero-order valence-electron chi connectivity index (χ0n) is 8.19. The van der Waals surface area contributed by atoms with Gasteiger partial charge in [0.2, 0.25) is 0 Å². The molecule has 0 radical (unpaired) electrons. The summed E-state index contributed by atoms with van der Waals surface area (Å²) in [6.45, 7) is 3.51. The Labute approximate surface area is 94.0 Å². The van der Waals surface area contributed by atoms with Crippen LogP contribution in [0.4, 0.5) is 19.0 Å². The standard InChI is InChI=1S/C9H10BrF3N2/c1-5(2)15-8-7(9(11,12)13)3-6(10)4-14-8/h3-5H,1-2H3,(H,14,15). The number of rotatable bonds is 2. The summed E-state index contributed by atoms with van der Waals surface area (Å²) in [7, 11) is 0. The summed E-state index contributed by atoms with van der Waals surface area (Å²) in [5, 5.41) is 2.66. The van der Waals surface area contributed by atoms with Crippen LogP contribution < -0.4 is 5.32 Å². The van der Waals surface area contributed by atoms with Gasteiger partial charge < -0.3 is 5.32 Å². The van der Waals surface area contributed by atoms with Crippen molar-refractivity contribution in [1.29, 1.82) is 0 Å². The number of nitrogens with one attached hydrogen (secondary N) is 1. The van der Waals surface area contributed by atoms with Gasteiger partial charge >= 0.3 is 6.18 Å². The molecule has 0 aliphatic carbocycles. The molecule has 0 atom stereocenters. The fourth-order valence-corrected chi connectivity index (χ4v) is 1.38. The Bertz CT molecular complexity index is 350. The molecule has 1 aromatic rings. The van der Waals surface area contributed by atoms with Crippen LogP contribution in [-0.2, 0) is 6.18 Å². The predicted molar refractivity (Wildman–Crippen MR) is 55.7 cm³/mol. The Kier molecular flexibility index (Phi) is 3.59. The number of hydrogen-bond acceptors (Lipinski definition) is 2. The number of pyridine rings is 1. The average Bonchev–Trinajstić information content (AvgIpc) is 2.05. The number of alkyl halides is 3. The number of nitrogens with zero attached hydrogens (tertiary/aromatic N) is 1. The number of aromatic nitrogens is 1. The Morgan fingerprint density at radius 1 is 1.40 bits per heavy atom. The first-order valence-electron chi connectivity index (χ1n) is 4.30. The maximum atomic E-state index is 12.6. The van der Waals surface area contributed by atoms with Gasteiger partial charge in [0.1, 0.15) is 5.82 Å². The molecule has 0 unspecified atom stereocenters. The van der Waals surface area contributed by atoms with Crippen molar-refractivity contribution in [1.82, 2.24) is 4.98 Å². The first kappa shape index (κ1) is 12.3. The van der Waals surface area contributed by atoms with Crippen molar-refractivity contribution in [3.63, 3.8) is 0 Å². The van der Waals surface area contributed by atoms with Gasteiger partial charge in [-0.25, -0.2) is 4.98 Å². The van der Waals surface area contributed by atoms with E-state index in [1.54, 1.807) is 13.8 Å². The van der Waals surface area contributed by atoms with Gasteiger partial charge in [-0.05, 0) is 35.8 Å². The average molecular weight is 283 g/mol. The third kappa shape index (κ3) is 3.37. The van der Waals surface area contributed by atoms with Crippen molar-refractivity contribution in [2.45, 2.75) is 26.1 Å². The molecule has 1 rings (SSSR count). The molecule has 0 amide bonds. The van der Waals surface area contributed by atoms with Gasteiger partial charge in [-0.1, -0.05) is 0 Å². The van der Waals surface area contributed by atoms with Crippen LogP contribution in [0, 0.1) is 0 Å². The Balaban J connectivity index is 3.15. The van der Waals surface area contributed by atoms with Gasteiger partial charge in [-0.3, -0.25) is 0 Å². The molecule has 6 heteroatoms. The van der Waals surface area contributed by atoms with E-state index in [-0.39, 0.29) is 11.9 Å². The predicted octanol–water partition coefficient (Wildman–Crippen LogP) is 3.68. The normalized spacial score (nSPS) is 11.9. The highest BCUT2D eigenvalue weighted by Crippen LogP contribution is 2.35. The maximum Gasteiger partial charge on any atom is 0.419 e. The molecule has 0 spiro atoms. The number of halogens is 4. The fraction of sp³-hybridized carbons (Fsp3) is 0.444. The van der Waals surface area contributed by atoms with Crippen LogP contribution in [-0.4, -0.2) is 11.0 Å². The van der Waals surface area contributed by atoms with E-state index in [2.05, 4.69) is 26.2 Å². The maximum absolute atomic E-state index is 12.6. The van der Waals surface area contributed by atoms with Crippen LogP contribution in [0.5, 0.6) is 0 Å². The van der Waals surface area contributed by atoms with Crippen LogP contribution in [0.1, 0.15) is 19.4 Å². The minimum atomic E-state index is -4.39. The molecule has 0 aromatic carbocycles. The molecule has 15 heavy (non-hydrogen) atoms. The molecule has 1 N–H and O–H groups in total. The highest BCUT2D eigenvalue weighted by molar-refractivity contribution is 9.10. The monoisotopic (exact) mass is 282 g/mol. The molecule has 0 aliphatic heterocycles. The first-order chi connectivity index (χ1) is 6.80. The molecule has 1 heterocycles. The smallest absolute Gasteiger partial charge is 0.367 e. The van der Waals surface area contributed by atoms with Gasteiger partial charge in [0, 0.05) is 16.7 Å². The van der Waals surface area contributed by atoms with Crippen molar-refractivity contribution in [2.75, 3.05) is 5.32 Å². The zero-order chi connectivity index (χ0) is 11.6. The summed E-state index contributed by atoms with van der Waals surface area (Å²) in [4.78, 5) is 3.71. The summed E-state index contributed by atoms with van der Waals surface area (Å²) in [5.74, 6) is -0.138. The van der Waals surface area contributed by atoms with Crippen LogP contribution in [0.2, 0.25) is 0 Å². The van der Waals surface area contributed by atoms with Crippen LogP contribution >= 0.6 is 15.9 Å². The van der Waals surface area contributed by atoms with Crippen molar-refractivity contribution >= 4 is 21.7 Å². The Morgan fingerprint density at radius 3 is 2.47 bits per heavy atom. The minimum absolute atomic E-state index is 0.0974. The van der Waals surface area contributed by atoms with Crippen molar-refractivity contribution < 1.29 is 13.2 Å². The Morgan fingerprint density at radius 2 is 2.00 bits per heavy atom.